The molecule has 2 rings (SSSR count). The smallest absolute Gasteiger partial charge is 0.142 e. The summed E-state index contributed by atoms with van der Waals surface area (Å²) in [6.07, 6.45) is 2.62. The van der Waals surface area contributed by atoms with Crippen LogP contribution in [0.2, 0.25) is 0 Å². The molecule has 5 nitrogen and oxygen atoms in total. The SMILES string of the molecule is CCCNc1ncnc(Nc2cc(C)ccc2OC)c1C. The Labute approximate surface area is 125 Å². The third-order valence-corrected chi connectivity index (χ3v) is 3.23. The highest BCUT2D eigenvalue weighted by molar-refractivity contribution is 5.69. The molecule has 21 heavy (non-hydrogen) atoms. The molecule has 0 aliphatic carbocycles. The summed E-state index contributed by atoms with van der Waals surface area (Å²) >= 11 is 0. The molecule has 0 aliphatic rings. The predicted octanol–water partition coefficient (Wildman–Crippen LogP) is 3.67. The van der Waals surface area contributed by atoms with Crippen LogP contribution in [0.15, 0.2) is 24.5 Å². The van der Waals surface area contributed by atoms with Gasteiger partial charge in [0.2, 0.25) is 0 Å². The molecule has 0 unspecified atom stereocenters. The Bertz CT molecular complexity index is 613. The van der Waals surface area contributed by atoms with Gasteiger partial charge in [0.05, 0.1) is 12.8 Å². The number of hydrogen-bond acceptors (Lipinski definition) is 5. The topological polar surface area (TPSA) is 59.1 Å². The molecule has 1 aromatic heterocycles. The van der Waals surface area contributed by atoms with Gasteiger partial charge < -0.3 is 15.4 Å². The molecule has 2 aromatic rings. The third-order valence-electron chi connectivity index (χ3n) is 3.23. The average molecular weight is 286 g/mol. The lowest BCUT2D eigenvalue weighted by atomic mass is 10.2. The Kier molecular flexibility index (Phi) is 4.98. The van der Waals surface area contributed by atoms with Crippen molar-refractivity contribution >= 4 is 17.3 Å². The second kappa shape index (κ2) is 6.92. The summed E-state index contributed by atoms with van der Waals surface area (Å²) in [7, 11) is 1.66. The van der Waals surface area contributed by atoms with E-state index in [1.807, 2.05) is 32.0 Å². The van der Waals surface area contributed by atoms with Gasteiger partial charge in [-0.1, -0.05) is 13.0 Å². The maximum Gasteiger partial charge on any atom is 0.142 e. The number of anilines is 3. The molecule has 2 N–H and O–H groups in total. The minimum atomic E-state index is 0.785. The predicted molar refractivity (Wildman–Crippen MR) is 86.6 cm³/mol. The monoisotopic (exact) mass is 286 g/mol. The number of aromatic nitrogens is 2. The van der Waals surface area contributed by atoms with Crippen LogP contribution < -0.4 is 15.4 Å². The summed E-state index contributed by atoms with van der Waals surface area (Å²) in [5.74, 6) is 2.44. The molecule has 0 fully saturated rings. The van der Waals surface area contributed by atoms with Gasteiger partial charge in [-0.15, -0.1) is 0 Å². The van der Waals surface area contributed by atoms with Crippen LogP contribution >= 0.6 is 0 Å². The van der Waals surface area contributed by atoms with Crippen LogP contribution in [0.3, 0.4) is 0 Å². The summed E-state index contributed by atoms with van der Waals surface area (Å²) in [6, 6.07) is 6.01. The third kappa shape index (κ3) is 3.62. The highest BCUT2D eigenvalue weighted by Crippen LogP contribution is 2.30. The molecule has 0 aliphatic heterocycles. The van der Waals surface area contributed by atoms with E-state index >= 15 is 0 Å². The Balaban J connectivity index is 2.29. The number of benzene rings is 1. The van der Waals surface area contributed by atoms with Crippen LogP contribution in [0.1, 0.15) is 24.5 Å². The average Bonchev–Trinajstić information content (AvgIpc) is 2.48. The van der Waals surface area contributed by atoms with Crippen molar-refractivity contribution in [1.29, 1.82) is 0 Å². The Morgan fingerprint density at radius 1 is 1.14 bits per heavy atom. The molecular weight excluding hydrogens is 264 g/mol. The molecule has 0 radical (unpaired) electrons. The minimum absolute atomic E-state index is 0.785. The number of aryl methyl sites for hydroxylation is 1. The first-order chi connectivity index (χ1) is 10.2. The van der Waals surface area contributed by atoms with Crippen LogP contribution in [-0.4, -0.2) is 23.6 Å². The van der Waals surface area contributed by atoms with Crippen LogP contribution in [-0.2, 0) is 0 Å². The largest absolute Gasteiger partial charge is 0.495 e. The number of hydrogen-bond donors (Lipinski definition) is 2. The Morgan fingerprint density at radius 2 is 1.90 bits per heavy atom. The zero-order valence-electron chi connectivity index (χ0n) is 13.0. The molecule has 0 spiro atoms. The van der Waals surface area contributed by atoms with Gasteiger partial charge in [0, 0.05) is 12.1 Å². The van der Waals surface area contributed by atoms with Crippen LogP contribution in [0.4, 0.5) is 17.3 Å². The summed E-state index contributed by atoms with van der Waals surface area (Å²) in [6.45, 7) is 7.07. The summed E-state index contributed by atoms with van der Waals surface area (Å²) in [5, 5.41) is 6.64. The molecule has 1 aromatic carbocycles. The van der Waals surface area contributed by atoms with E-state index in [0.717, 1.165) is 47.2 Å². The molecule has 1 heterocycles. The molecule has 5 heteroatoms. The van der Waals surface area contributed by atoms with Crippen molar-refractivity contribution in [3.8, 4) is 5.75 Å². The van der Waals surface area contributed by atoms with E-state index in [9.17, 15) is 0 Å². The van der Waals surface area contributed by atoms with E-state index in [0.29, 0.717) is 0 Å². The van der Waals surface area contributed by atoms with Gasteiger partial charge in [0.15, 0.2) is 0 Å². The molecule has 0 saturated carbocycles. The van der Waals surface area contributed by atoms with Crippen molar-refractivity contribution in [3.63, 3.8) is 0 Å². The lowest BCUT2D eigenvalue weighted by molar-refractivity contribution is 0.416. The maximum atomic E-state index is 5.39. The van der Waals surface area contributed by atoms with E-state index in [4.69, 9.17) is 4.74 Å². The van der Waals surface area contributed by atoms with Gasteiger partial charge in [-0.2, -0.15) is 0 Å². The standard InChI is InChI=1S/C16H22N4O/c1-5-8-17-15-12(3)16(19-10-18-15)20-13-9-11(2)6-7-14(13)21-4/h6-7,9-10H,5,8H2,1-4H3,(H2,17,18,19,20). The van der Waals surface area contributed by atoms with Crippen molar-refractivity contribution in [2.24, 2.45) is 0 Å². The van der Waals surface area contributed by atoms with E-state index in [1.165, 1.54) is 0 Å². The van der Waals surface area contributed by atoms with Crippen LogP contribution in [0.5, 0.6) is 5.75 Å². The Morgan fingerprint density at radius 3 is 2.62 bits per heavy atom. The normalized spacial score (nSPS) is 10.3. The number of methoxy groups -OCH3 is 1. The highest BCUT2D eigenvalue weighted by atomic mass is 16.5. The van der Waals surface area contributed by atoms with E-state index in [2.05, 4.69) is 27.5 Å². The first-order valence-electron chi connectivity index (χ1n) is 7.12. The first kappa shape index (κ1) is 15.1. The number of nitrogens with zero attached hydrogens (tertiary/aromatic N) is 2. The van der Waals surface area contributed by atoms with Crippen molar-refractivity contribution in [2.45, 2.75) is 27.2 Å². The van der Waals surface area contributed by atoms with Crippen molar-refractivity contribution < 1.29 is 4.74 Å². The molecular formula is C16H22N4O. The highest BCUT2D eigenvalue weighted by Gasteiger charge is 2.09. The molecule has 0 atom stereocenters. The zero-order chi connectivity index (χ0) is 15.2. The molecule has 0 bridgehead atoms. The molecule has 112 valence electrons. The summed E-state index contributed by atoms with van der Waals surface area (Å²) in [4.78, 5) is 8.61. The van der Waals surface area contributed by atoms with Gasteiger partial charge in [-0.25, -0.2) is 9.97 Å². The van der Waals surface area contributed by atoms with Crippen LogP contribution in [0, 0.1) is 13.8 Å². The van der Waals surface area contributed by atoms with E-state index in [-0.39, 0.29) is 0 Å². The number of nitrogens with one attached hydrogen (secondary N) is 2. The maximum absolute atomic E-state index is 5.39. The van der Waals surface area contributed by atoms with Gasteiger partial charge in [-0.3, -0.25) is 0 Å². The summed E-state index contributed by atoms with van der Waals surface area (Å²) < 4.78 is 5.39. The molecule has 0 saturated heterocycles. The fourth-order valence-electron chi connectivity index (χ4n) is 2.04. The number of ether oxygens (including phenoxy) is 1. The van der Waals surface area contributed by atoms with E-state index in [1.54, 1.807) is 13.4 Å². The quantitative estimate of drug-likeness (QED) is 0.848. The first-order valence-corrected chi connectivity index (χ1v) is 7.12. The minimum Gasteiger partial charge on any atom is -0.495 e. The molecule has 0 amide bonds. The van der Waals surface area contributed by atoms with E-state index < -0.39 is 0 Å². The second-order valence-electron chi connectivity index (χ2n) is 4.95. The van der Waals surface area contributed by atoms with Crippen molar-refractivity contribution in [2.75, 3.05) is 24.3 Å². The lowest BCUT2D eigenvalue weighted by Gasteiger charge is -2.15. The fourth-order valence-corrected chi connectivity index (χ4v) is 2.04. The summed E-state index contributed by atoms with van der Waals surface area (Å²) in [5.41, 5.74) is 3.06. The Hall–Kier alpha value is -2.30. The van der Waals surface area contributed by atoms with Crippen molar-refractivity contribution in [3.05, 3.63) is 35.7 Å². The van der Waals surface area contributed by atoms with Gasteiger partial charge in [-0.05, 0) is 38.0 Å². The van der Waals surface area contributed by atoms with Gasteiger partial charge in [0.25, 0.3) is 0 Å². The fraction of sp³-hybridized carbons (Fsp3) is 0.375. The van der Waals surface area contributed by atoms with Gasteiger partial charge in [0.1, 0.15) is 23.7 Å². The van der Waals surface area contributed by atoms with Gasteiger partial charge >= 0.3 is 0 Å². The van der Waals surface area contributed by atoms with Crippen LogP contribution in [0.25, 0.3) is 0 Å². The lowest BCUT2D eigenvalue weighted by Crippen LogP contribution is -2.07. The van der Waals surface area contributed by atoms with Crippen molar-refractivity contribution in [1.82, 2.24) is 9.97 Å². The number of rotatable bonds is 6. The zero-order valence-corrected chi connectivity index (χ0v) is 13.0. The second-order valence-corrected chi connectivity index (χ2v) is 4.95.